The zero-order valence-corrected chi connectivity index (χ0v) is 32.6. The Bertz CT molecular complexity index is 3870. The van der Waals surface area contributed by atoms with E-state index in [1.807, 2.05) is 24.3 Å². The molecule has 0 fully saturated rings. The van der Waals surface area contributed by atoms with Gasteiger partial charge in [-0.2, -0.15) is 9.97 Å². The number of hydrogen-bond donors (Lipinski definition) is 0. The van der Waals surface area contributed by atoms with Crippen molar-refractivity contribution in [3.63, 3.8) is 0 Å². The molecular weight excluding hydrogens is 749 g/mol. The third-order valence-corrected chi connectivity index (χ3v) is 12.0. The van der Waals surface area contributed by atoms with E-state index in [1.165, 1.54) is 0 Å². The van der Waals surface area contributed by atoms with Gasteiger partial charge in [-0.15, -0.1) is 0 Å². The Morgan fingerprint density at radius 1 is 0.377 bits per heavy atom. The Hall–Kier alpha value is -8.42. The molecule has 0 aliphatic rings. The summed E-state index contributed by atoms with van der Waals surface area (Å²) in [5.74, 6) is 2.32. The Labute approximate surface area is 348 Å². The van der Waals surface area contributed by atoms with Gasteiger partial charge in [0.1, 0.15) is 5.52 Å². The highest BCUT2D eigenvalue weighted by molar-refractivity contribution is 6.23. The lowest BCUT2D eigenvalue weighted by atomic mass is 10.0. The van der Waals surface area contributed by atoms with Gasteiger partial charge >= 0.3 is 0 Å². The topological polar surface area (TPSA) is 74.6 Å². The third-order valence-electron chi connectivity index (χ3n) is 12.0. The van der Waals surface area contributed by atoms with E-state index in [0.717, 1.165) is 98.6 Å². The summed E-state index contributed by atoms with van der Waals surface area (Å²) in [4.78, 5) is 21.0. The summed E-state index contributed by atoms with van der Waals surface area (Å²) in [5.41, 5.74) is 9.46. The Balaban J connectivity index is 1.14. The van der Waals surface area contributed by atoms with Gasteiger partial charge in [-0.1, -0.05) is 146 Å². The van der Waals surface area contributed by atoms with Gasteiger partial charge in [0.2, 0.25) is 11.8 Å². The normalized spacial score (nSPS) is 11.9. The zero-order valence-electron chi connectivity index (χ0n) is 32.6. The van der Waals surface area contributed by atoms with E-state index in [4.69, 9.17) is 24.4 Å². The molecule has 0 amide bonds. The monoisotopic (exact) mass is 780 g/mol. The van der Waals surface area contributed by atoms with Crippen LogP contribution in [0.4, 0.5) is 0 Å². The molecule has 0 N–H and O–H groups in total. The van der Waals surface area contributed by atoms with Crippen LogP contribution in [-0.4, -0.2) is 29.1 Å². The molecule has 0 saturated carbocycles. The molecule has 0 radical (unpaired) electrons. The van der Waals surface area contributed by atoms with Crippen molar-refractivity contribution in [2.45, 2.75) is 0 Å². The van der Waals surface area contributed by atoms with Crippen LogP contribution in [0.5, 0.6) is 0 Å². The molecule has 4 aromatic heterocycles. The minimum absolute atomic E-state index is 0.539. The number of aromatic nitrogens is 6. The summed E-state index contributed by atoms with van der Waals surface area (Å²) < 4.78 is 10.9. The molecule has 13 rings (SSSR count). The van der Waals surface area contributed by atoms with E-state index in [2.05, 4.69) is 179 Å². The summed E-state index contributed by atoms with van der Waals surface area (Å²) in [7, 11) is 0. The van der Waals surface area contributed by atoms with E-state index in [1.54, 1.807) is 0 Å². The molecule has 0 atom stereocenters. The van der Waals surface area contributed by atoms with E-state index in [-0.39, 0.29) is 0 Å². The zero-order chi connectivity index (χ0) is 40.0. The van der Waals surface area contributed by atoms with Crippen LogP contribution in [0.25, 0.3) is 122 Å². The number of benzene rings is 9. The molecule has 0 aliphatic heterocycles. The van der Waals surface area contributed by atoms with Gasteiger partial charge in [0, 0.05) is 43.9 Å². The summed E-state index contributed by atoms with van der Waals surface area (Å²) in [6, 6.07) is 67.6. The summed E-state index contributed by atoms with van der Waals surface area (Å²) >= 11 is 0. The fraction of sp³-hybridized carbons (Fsp3) is 0. The molecule has 13 aromatic rings. The van der Waals surface area contributed by atoms with E-state index in [9.17, 15) is 0 Å². The standard InChI is InChI=1S/C54H32N6O/c1-2-15-35-31-36(28-27-33(35)13-1)51-56-52(44-22-12-16-34-14-3-4-19-39(34)44)58-54(57-51)60-47-25-9-6-21-41(47)43-30-29-42-40-20-5-8-24-46(40)59(49(42)50(43)60)38-18-11-17-37(32-38)53-55-45-23-7-10-26-48(45)61-53/h1-32H. The predicted molar refractivity (Wildman–Crippen MR) is 247 cm³/mol. The van der Waals surface area contributed by atoms with E-state index >= 15 is 0 Å². The molecule has 0 bridgehead atoms. The second-order valence-corrected chi connectivity index (χ2v) is 15.5. The van der Waals surface area contributed by atoms with Gasteiger partial charge in [-0.25, -0.2) is 9.97 Å². The first-order valence-corrected chi connectivity index (χ1v) is 20.4. The van der Waals surface area contributed by atoms with Crippen LogP contribution in [0.3, 0.4) is 0 Å². The summed E-state index contributed by atoms with van der Waals surface area (Å²) in [6.07, 6.45) is 0. The molecule has 9 aromatic carbocycles. The number of nitrogens with zero attached hydrogens (tertiary/aromatic N) is 6. The highest BCUT2D eigenvalue weighted by Gasteiger charge is 2.24. The van der Waals surface area contributed by atoms with Gasteiger partial charge in [0.15, 0.2) is 17.2 Å². The average molecular weight is 781 g/mol. The Morgan fingerprint density at radius 3 is 1.84 bits per heavy atom. The third kappa shape index (κ3) is 5.17. The van der Waals surface area contributed by atoms with Gasteiger partial charge < -0.3 is 8.98 Å². The first-order chi connectivity index (χ1) is 30.2. The quantitative estimate of drug-likeness (QED) is 0.174. The van der Waals surface area contributed by atoms with Crippen LogP contribution in [0.2, 0.25) is 0 Å². The number of para-hydroxylation sites is 4. The van der Waals surface area contributed by atoms with Crippen LogP contribution in [-0.2, 0) is 0 Å². The van der Waals surface area contributed by atoms with Crippen molar-refractivity contribution in [3.05, 3.63) is 194 Å². The molecule has 7 heteroatoms. The lowest BCUT2D eigenvalue weighted by Crippen LogP contribution is -2.07. The average Bonchev–Trinajstić information content (AvgIpc) is 4.02. The van der Waals surface area contributed by atoms with Crippen LogP contribution in [0, 0.1) is 0 Å². The van der Waals surface area contributed by atoms with Gasteiger partial charge in [-0.3, -0.25) is 4.57 Å². The Morgan fingerprint density at radius 2 is 1.02 bits per heavy atom. The SMILES string of the molecule is c1cc(-c2nc3ccccc3o2)cc(-n2c3ccccc3c3ccc4c5ccccc5n(-c5nc(-c6ccc7ccccc7c6)nc(-c6cccc7ccccc67)n5)c4c32)c1. The molecule has 61 heavy (non-hydrogen) atoms. The second-order valence-electron chi connectivity index (χ2n) is 15.5. The minimum atomic E-state index is 0.539. The fourth-order valence-electron chi connectivity index (χ4n) is 9.21. The van der Waals surface area contributed by atoms with Crippen molar-refractivity contribution >= 4 is 76.3 Å². The molecule has 0 unspecified atom stereocenters. The predicted octanol–water partition coefficient (Wildman–Crippen LogP) is 13.5. The summed E-state index contributed by atoms with van der Waals surface area (Å²) in [5, 5.41) is 8.96. The maximum absolute atomic E-state index is 6.29. The molecular formula is C54H32N6O. The van der Waals surface area contributed by atoms with Crippen molar-refractivity contribution in [2.24, 2.45) is 0 Å². The van der Waals surface area contributed by atoms with Crippen molar-refractivity contribution in [1.82, 2.24) is 29.1 Å². The first kappa shape index (κ1) is 33.5. The molecule has 0 spiro atoms. The first-order valence-electron chi connectivity index (χ1n) is 20.4. The van der Waals surface area contributed by atoms with Crippen LogP contribution in [0.15, 0.2) is 199 Å². The second kappa shape index (κ2) is 13.0. The Kier molecular flexibility index (Phi) is 7.17. The molecule has 4 heterocycles. The van der Waals surface area contributed by atoms with Crippen LogP contribution < -0.4 is 0 Å². The van der Waals surface area contributed by atoms with Crippen molar-refractivity contribution < 1.29 is 4.42 Å². The number of hydrogen-bond acceptors (Lipinski definition) is 5. The highest BCUT2D eigenvalue weighted by Crippen LogP contribution is 2.42. The van der Waals surface area contributed by atoms with Crippen molar-refractivity contribution in [3.8, 4) is 45.9 Å². The number of oxazole rings is 1. The van der Waals surface area contributed by atoms with Crippen molar-refractivity contribution in [1.29, 1.82) is 0 Å². The lowest BCUT2D eigenvalue weighted by molar-refractivity contribution is 0.620. The van der Waals surface area contributed by atoms with Crippen LogP contribution in [0.1, 0.15) is 0 Å². The molecule has 0 aliphatic carbocycles. The van der Waals surface area contributed by atoms with Gasteiger partial charge in [-0.05, 0) is 70.1 Å². The summed E-state index contributed by atoms with van der Waals surface area (Å²) in [6.45, 7) is 0. The maximum Gasteiger partial charge on any atom is 0.238 e. The van der Waals surface area contributed by atoms with Gasteiger partial charge in [0.05, 0.1) is 22.1 Å². The smallest absolute Gasteiger partial charge is 0.238 e. The van der Waals surface area contributed by atoms with Crippen molar-refractivity contribution in [2.75, 3.05) is 0 Å². The lowest BCUT2D eigenvalue weighted by Gasteiger charge is -2.14. The van der Waals surface area contributed by atoms with E-state index in [0.29, 0.717) is 23.5 Å². The number of fused-ring (bicyclic) bond motifs is 10. The molecule has 284 valence electrons. The molecule has 0 saturated heterocycles. The largest absolute Gasteiger partial charge is 0.436 e. The fourth-order valence-corrected chi connectivity index (χ4v) is 9.21. The molecule has 7 nitrogen and oxygen atoms in total. The van der Waals surface area contributed by atoms with Gasteiger partial charge in [0.25, 0.3) is 0 Å². The highest BCUT2D eigenvalue weighted by atomic mass is 16.3. The minimum Gasteiger partial charge on any atom is -0.436 e. The van der Waals surface area contributed by atoms with E-state index < -0.39 is 0 Å². The maximum atomic E-state index is 6.29. The number of rotatable bonds is 5. The van der Waals surface area contributed by atoms with Crippen LogP contribution >= 0.6 is 0 Å².